The van der Waals surface area contributed by atoms with Crippen molar-refractivity contribution in [3.8, 4) is 5.69 Å². The molecule has 0 bridgehead atoms. The van der Waals surface area contributed by atoms with Crippen LogP contribution in [0.1, 0.15) is 11.3 Å². The average Bonchev–Trinajstić information content (AvgIpc) is 2.73. The number of nitrogens with one attached hydrogen (secondary N) is 1. The Morgan fingerprint density at radius 2 is 2.05 bits per heavy atom. The summed E-state index contributed by atoms with van der Waals surface area (Å²) in [4.78, 5) is 0. The molecule has 0 fully saturated rings. The molecule has 0 saturated heterocycles. The SMILES string of the molecule is CNCc1cnn(-c2cccc(F)c2)c1C(F)(F)F. The molecular weight excluding hydrogens is 262 g/mol. The smallest absolute Gasteiger partial charge is 0.316 e. The van der Waals surface area contributed by atoms with E-state index in [1.807, 2.05) is 0 Å². The van der Waals surface area contributed by atoms with Gasteiger partial charge < -0.3 is 5.32 Å². The van der Waals surface area contributed by atoms with Crippen molar-refractivity contribution in [1.82, 2.24) is 15.1 Å². The highest BCUT2D eigenvalue weighted by atomic mass is 19.4. The van der Waals surface area contributed by atoms with E-state index in [4.69, 9.17) is 0 Å². The number of aromatic nitrogens is 2. The lowest BCUT2D eigenvalue weighted by Gasteiger charge is -2.12. The van der Waals surface area contributed by atoms with Gasteiger partial charge in [-0.05, 0) is 25.2 Å². The van der Waals surface area contributed by atoms with Gasteiger partial charge in [0.25, 0.3) is 0 Å². The zero-order valence-electron chi connectivity index (χ0n) is 10.0. The van der Waals surface area contributed by atoms with Crippen molar-refractivity contribution >= 4 is 0 Å². The summed E-state index contributed by atoms with van der Waals surface area (Å²) in [6.07, 6.45) is -3.43. The van der Waals surface area contributed by atoms with E-state index in [0.717, 1.165) is 18.3 Å². The maximum absolute atomic E-state index is 13.1. The third-order valence-electron chi connectivity index (χ3n) is 2.53. The van der Waals surface area contributed by atoms with Gasteiger partial charge in [0, 0.05) is 12.1 Å². The van der Waals surface area contributed by atoms with Crippen LogP contribution in [0, 0.1) is 5.82 Å². The molecule has 1 aromatic carbocycles. The highest BCUT2D eigenvalue weighted by molar-refractivity contribution is 5.36. The van der Waals surface area contributed by atoms with Crippen molar-refractivity contribution in [1.29, 1.82) is 0 Å². The summed E-state index contributed by atoms with van der Waals surface area (Å²) in [5.74, 6) is -0.615. The minimum Gasteiger partial charge on any atom is -0.316 e. The summed E-state index contributed by atoms with van der Waals surface area (Å²) in [6.45, 7) is 0.0319. The van der Waals surface area contributed by atoms with E-state index in [1.165, 1.54) is 12.1 Å². The number of halogens is 4. The van der Waals surface area contributed by atoms with Crippen molar-refractivity contribution in [3.63, 3.8) is 0 Å². The van der Waals surface area contributed by atoms with Crippen LogP contribution in [0.3, 0.4) is 0 Å². The van der Waals surface area contributed by atoms with Crippen molar-refractivity contribution in [2.75, 3.05) is 7.05 Å². The second kappa shape index (κ2) is 5.00. The lowest BCUT2D eigenvalue weighted by atomic mass is 10.2. The summed E-state index contributed by atoms with van der Waals surface area (Å²) >= 11 is 0. The van der Waals surface area contributed by atoms with Crippen LogP contribution < -0.4 is 5.32 Å². The van der Waals surface area contributed by atoms with Crippen LogP contribution in [0.4, 0.5) is 17.6 Å². The zero-order chi connectivity index (χ0) is 14.0. The molecule has 2 rings (SSSR count). The van der Waals surface area contributed by atoms with Crippen molar-refractivity contribution < 1.29 is 17.6 Å². The molecule has 19 heavy (non-hydrogen) atoms. The van der Waals surface area contributed by atoms with Gasteiger partial charge in [0.05, 0.1) is 11.9 Å². The molecule has 1 N–H and O–H groups in total. The first-order valence-electron chi connectivity index (χ1n) is 5.48. The monoisotopic (exact) mass is 273 g/mol. The Labute approximate surface area is 106 Å². The average molecular weight is 273 g/mol. The lowest BCUT2D eigenvalue weighted by Crippen LogP contribution is -2.17. The molecule has 3 nitrogen and oxygen atoms in total. The van der Waals surface area contributed by atoms with Gasteiger partial charge in [-0.2, -0.15) is 18.3 Å². The number of nitrogens with zero attached hydrogens (tertiary/aromatic N) is 2. The van der Waals surface area contributed by atoms with Crippen molar-refractivity contribution in [2.24, 2.45) is 0 Å². The quantitative estimate of drug-likeness (QED) is 0.871. The molecule has 0 aliphatic heterocycles. The van der Waals surface area contributed by atoms with E-state index in [2.05, 4.69) is 10.4 Å². The fraction of sp³-hybridized carbons (Fsp3) is 0.250. The second-order valence-electron chi connectivity index (χ2n) is 3.94. The van der Waals surface area contributed by atoms with E-state index >= 15 is 0 Å². The molecule has 0 amide bonds. The topological polar surface area (TPSA) is 29.9 Å². The molecule has 102 valence electrons. The van der Waals surface area contributed by atoms with E-state index < -0.39 is 17.7 Å². The third kappa shape index (κ3) is 2.76. The Kier molecular flexibility index (Phi) is 3.57. The summed E-state index contributed by atoms with van der Waals surface area (Å²) in [5.41, 5.74) is -0.846. The number of alkyl halides is 3. The predicted octanol–water partition coefficient (Wildman–Crippen LogP) is 2.75. The second-order valence-corrected chi connectivity index (χ2v) is 3.94. The van der Waals surface area contributed by atoms with Gasteiger partial charge >= 0.3 is 6.18 Å². The molecule has 2 aromatic rings. The molecular formula is C12H11F4N3. The Balaban J connectivity index is 2.58. The van der Waals surface area contributed by atoms with Gasteiger partial charge in [-0.3, -0.25) is 0 Å². The standard InChI is InChI=1S/C12H11F4N3/c1-17-6-8-7-18-19(11(8)12(14,15)16)10-4-2-3-9(13)5-10/h2-5,7,17H,6H2,1H3. The predicted molar refractivity (Wildman–Crippen MR) is 61.3 cm³/mol. The molecule has 0 atom stereocenters. The van der Waals surface area contributed by atoms with Gasteiger partial charge in [0.15, 0.2) is 5.69 Å². The number of hydrogen-bond donors (Lipinski definition) is 1. The maximum Gasteiger partial charge on any atom is 0.433 e. The van der Waals surface area contributed by atoms with Crippen LogP contribution in [0.15, 0.2) is 30.5 Å². The maximum atomic E-state index is 13.1. The molecule has 1 heterocycles. The first-order chi connectivity index (χ1) is 8.93. The highest BCUT2D eigenvalue weighted by Gasteiger charge is 2.38. The third-order valence-corrected chi connectivity index (χ3v) is 2.53. The Morgan fingerprint density at radius 1 is 1.32 bits per heavy atom. The van der Waals surface area contributed by atoms with Crippen molar-refractivity contribution in [2.45, 2.75) is 12.7 Å². The normalized spacial score (nSPS) is 11.8. The van der Waals surface area contributed by atoms with E-state index in [0.29, 0.717) is 4.68 Å². The van der Waals surface area contributed by atoms with Crippen LogP contribution in [0.5, 0.6) is 0 Å². The highest BCUT2D eigenvalue weighted by Crippen LogP contribution is 2.33. The van der Waals surface area contributed by atoms with E-state index in [-0.39, 0.29) is 17.8 Å². The Hall–Kier alpha value is -1.89. The van der Waals surface area contributed by atoms with Crippen LogP contribution >= 0.6 is 0 Å². The first kappa shape index (κ1) is 13.5. The van der Waals surface area contributed by atoms with Crippen LogP contribution in [0.2, 0.25) is 0 Å². The number of rotatable bonds is 3. The van der Waals surface area contributed by atoms with Gasteiger partial charge in [-0.25, -0.2) is 9.07 Å². The molecule has 7 heteroatoms. The fourth-order valence-electron chi connectivity index (χ4n) is 1.81. The molecule has 0 saturated carbocycles. The molecule has 0 unspecified atom stereocenters. The van der Waals surface area contributed by atoms with Gasteiger partial charge in [-0.1, -0.05) is 6.07 Å². The molecule has 0 spiro atoms. The van der Waals surface area contributed by atoms with Gasteiger partial charge in [0.2, 0.25) is 0 Å². The minimum atomic E-state index is -4.56. The molecule has 0 aliphatic rings. The van der Waals surface area contributed by atoms with E-state index in [9.17, 15) is 17.6 Å². The van der Waals surface area contributed by atoms with Gasteiger partial charge in [-0.15, -0.1) is 0 Å². The summed E-state index contributed by atoms with van der Waals surface area (Å²) in [7, 11) is 1.54. The largest absolute Gasteiger partial charge is 0.433 e. The Morgan fingerprint density at radius 3 is 2.63 bits per heavy atom. The Bertz CT molecular complexity index is 575. The van der Waals surface area contributed by atoms with E-state index in [1.54, 1.807) is 7.05 Å². The van der Waals surface area contributed by atoms with Crippen LogP contribution in [-0.4, -0.2) is 16.8 Å². The fourth-order valence-corrected chi connectivity index (χ4v) is 1.81. The van der Waals surface area contributed by atoms with Crippen molar-refractivity contribution in [3.05, 3.63) is 47.5 Å². The van der Waals surface area contributed by atoms with Crippen LogP contribution in [0.25, 0.3) is 5.69 Å². The van der Waals surface area contributed by atoms with Gasteiger partial charge in [0.1, 0.15) is 5.82 Å². The molecule has 0 aliphatic carbocycles. The molecule has 0 radical (unpaired) electrons. The minimum absolute atomic E-state index is 0.0132. The summed E-state index contributed by atoms with van der Waals surface area (Å²) in [6, 6.07) is 4.87. The lowest BCUT2D eigenvalue weighted by molar-refractivity contribution is -0.143. The summed E-state index contributed by atoms with van der Waals surface area (Å²) < 4.78 is 53.0. The molecule has 1 aromatic heterocycles. The first-order valence-corrected chi connectivity index (χ1v) is 5.48. The van der Waals surface area contributed by atoms with Crippen LogP contribution in [-0.2, 0) is 12.7 Å². The number of hydrogen-bond acceptors (Lipinski definition) is 2. The zero-order valence-corrected chi connectivity index (χ0v) is 10.0. The number of benzene rings is 1. The summed E-state index contributed by atoms with van der Waals surface area (Å²) in [5, 5.41) is 6.35.